The minimum atomic E-state index is -5.62. The molecule has 0 aliphatic carbocycles. The molecule has 0 fully saturated rings. The van der Waals surface area contributed by atoms with Crippen molar-refractivity contribution in [3.05, 3.63) is 74.3 Å². The quantitative estimate of drug-likeness (QED) is 0.241. The molecule has 0 bridgehead atoms. The van der Waals surface area contributed by atoms with Crippen molar-refractivity contribution in [2.45, 2.75) is 24.3 Å². The van der Waals surface area contributed by atoms with Gasteiger partial charge in [-0.3, -0.25) is 30.4 Å². The molecule has 0 unspecified atom stereocenters. The zero-order valence-corrected chi connectivity index (χ0v) is 16.6. The van der Waals surface area contributed by atoms with Crippen LogP contribution in [0.3, 0.4) is 0 Å². The highest BCUT2D eigenvalue weighted by molar-refractivity contribution is 5.83. The van der Waals surface area contributed by atoms with Crippen LogP contribution in [-0.2, 0) is 10.3 Å². The molecule has 1 amide bonds. The molecule has 2 aromatic carbocycles. The standard InChI is InChI=1S/C18H13F6N5O5/c19-17(20,21)15(30)26-16(18(22,23)24,11-4-2-1-3-5-11)8-9-25-27-13-7-6-12(28(31)32)10-14(13)29(33)34/h1-7,9-10,27H,8H2,(H,26,30)/b25-9-/t16-/m0/s1. The second-order valence-electron chi connectivity index (χ2n) is 6.56. The Hall–Kier alpha value is -4.24. The van der Waals surface area contributed by atoms with Crippen molar-refractivity contribution in [1.29, 1.82) is 0 Å². The monoisotopic (exact) mass is 493 g/mol. The summed E-state index contributed by atoms with van der Waals surface area (Å²) in [5.74, 6) is -2.85. The van der Waals surface area contributed by atoms with Gasteiger partial charge in [0.05, 0.1) is 15.9 Å². The average molecular weight is 493 g/mol. The number of rotatable bonds is 8. The molecule has 0 saturated carbocycles. The maximum absolute atomic E-state index is 14.0. The van der Waals surface area contributed by atoms with E-state index in [-0.39, 0.29) is 0 Å². The van der Waals surface area contributed by atoms with E-state index in [4.69, 9.17) is 0 Å². The molecule has 0 radical (unpaired) electrons. The normalized spacial score (nSPS) is 13.8. The van der Waals surface area contributed by atoms with Crippen LogP contribution < -0.4 is 10.7 Å². The Morgan fingerprint density at radius 3 is 2.09 bits per heavy atom. The maximum atomic E-state index is 14.0. The van der Waals surface area contributed by atoms with Crippen molar-refractivity contribution in [3.8, 4) is 0 Å². The van der Waals surface area contributed by atoms with Gasteiger partial charge in [0.2, 0.25) is 0 Å². The summed E-state index contributed by atoms with van der Waals surface area (Å²) >= 11 is 0. The van der Waals surface area contributed by atoms with E-state index < -0.39 is 62.7 Å². The summed E-state index contributed by atoms with van der Waals surface area (Å²) < 4.78 is 80.4. The summed E-state index contributed by atoms with van der Waals surface area (Å²) in [6.07, 6.45) is -11.9. The van der Waals surface area contributed by atoms with E-state index in [1.54, 1.807) is 0 Å². The number of hydrogen-bond donors (Lipinski definition) is 2. The topological polar surface area (TPSA) is 140 Å². The molecule has 0 spiro atoms. The number of carbonyl (C=O) groups excluding carboxylic acids is 1. The number of nitro benzene ring substituents is 2. The lowest BCUT2D eigenvalue weighted by molar-refractivity contribution is -0.393. The molecule has 0 aliphatic heterocycles. The number of halogens is 6. The summed E-state index contributed by atoms with van der Waals surface area (Å²) in [6, 6.07) is 7.55. The highest BCUT2D eigenvalue weighted by Gasteiger charge is 2.59. The lowest BCUT2D eigenvalue weighted by Gasteiger charge is -2.36. The van der Waals surface area contributed by atoms with E-state index in [0.29, 0.717) is 12.3 Å². The van der Waals surface area contributed by atoms with Gasteiger partial charge in [0.15, 0.2) is 5.54 Å². The molecule has 1 atom stereocenters. The van der Waals surface area contributed by atoms with Crippen molar-refractivity contribution in [2.75, 3.05) is 5.43 Å². The van der Waals surface area contributed by atoms with Crippen molar-refractivity contribution in [3.63, 3.8) is 0 Å². The second kappa shape index (κ2) is 9.72. The van der Waals surface area contributed by atoms with Gasteiger partial charge in [-0.05, 0) is 11.6 Å². The Morgan fingerprint density at radius 2 is 1.59 bits per heavy atom. The smallest absolute Gasteiger partial charge is 0.330 e. The third-order valence-electron chi connectivity index (χ3n) is 4.40. The Labute approximate surface area is 185 Å². The predicted octanol–water partition coefficient (Wildman–Crippen LogP) is 4.43. The van der Waals surface area contributed by atoms with Crippen molar-refractivity contribution < 1.29 is 41.0 Å². The molecule has 0 aliphatic rings. The van der Waals surface area contributed by atoms with E-state index in [0.717, 1.165) is 41.7 Å². The van der Waals surface area contributed by atoms with Crippen LogP contribution in [0, 0.1) is 20.2 Å². The molecule has 0 aromatic heterocycles. The van der Waals surface area contributed by atoms with Crippen LogP contribution >= 0.6 is 0 Å². The van der Waals surface area contributed by atoms with Crippen LogP contribution in [0.4, 0.5) is 43.4 Å². The van der Waals surface area contributed by atoms with Crippen molar-refractivity contribution in [1.82, 2.24) is 5.32 Å². The number of amides is 1. The number of hydrazone groups is 1. The van der Waals surface area contributed by atoms with Crippen LogP contribution in [0.1, 0.15) is 12.0 Å². The number of hydrogen-bond acceptors (Lipinski definition) is 7. The number of alkyl halides is 6. The summed E-state index contributed by atoms with van der Waals surface area (Å²) in [5, 5.41) is 26.2. The zero-order chi connectivity index (χ0) is 25.7. The van der Waals surface area contributed by atoms with E-state index in [1.165, 1.54) is 6.07 Å². The summed E-state index contributed by atoms with van der Waals surface area (Å²) in [4.78, 5) is 31.4. The Bertz CT molecular complexity index is 1110. The molecule has 182 valence electrons. The number of nitrogens with one attached hydrogen (secondary N) is 2. The molecule has 2 N–H and O–H groups in total. The van der Waals surface area contributed by atoms with Crippen LogP contribution in [0.15, 0.2) is 53.6 Å². The first kappa shape index (κ1) is 26.0. The molecular weight excluding hydrogens is 480 g/mol. The van der Waals surface area contributed by atoms with Gasteiger partial charge >= 0.3 is 23.9 Å². The number of carbonyl (C=O) groups is 1. The second-order valence-corrected chi connectivity index (χ2v) is 6.56. The van der Waals surface area contributed by atoms with E-state index in [9.17, 15) is 51.4 Å². The van der Waals surface area contributed by atoms with Gasteiger partial charge in [-0.15, -0.1) is 0 Å². The van der Waals surface area contributed by atoms with E-state index in [1.807, 2.05) is 5.43 Å². The number of benzene rings is 2. The maximum Gasteiger partial charge on any atom is 0.471 e. The third-order valence-corrected chi connectivity index (χ3v) is 4.40. The summed E-state index contributed by atoms with van der Waals surface area (Å²) in [5.41, 5.74) is -4.17. The van der Waals surface area contributed by atoms with Crippen LogP contribution in [-0.4, -0.2) is 34.3 Å². The van der Waals surface area contributed by atoms with Crippen molar-refractivity contribution >= 4 is 29.2 Å². The van der Waals surface area contributed by atoms with Gasteiger partial charge in [0, 0.05) is 18.7 Å². The molecule has 2 aromatic rings. The molecule has 0 saturated heterocycles. The zero-order valence-electron chi connectivity index (χ0n) is 16.6. The largest absolute Gasteiger partial charge is 0.471 e. The van der Waals surface area contributed by atoms with Crippen LogP contribution in [0.25, 0.3) is 0 Å². The minimum Gasteiger partial charge on any atom is -0.330 e. The summed E-state index contributed by atoms with van der Waals surface area (Å²) in [6.45, 7) is 0. The number of non-ortho nitro benzene ring substituents is 1. The Balaban J connectivity index is 2.42. The fourth-order valence-electron chi connectivity index (χ4n) is 2.76. The van der Waals surface area contributed by atoms with E-state index >= 15 is 0 Å². The van der Waals surface area contributed by atoms with Crippen molar-refractivity contribution in [2.24, 2.45) is 5.10 Å². The van der Waals surface area contributed by atoms with Gasteiger partial charge in [-0.25, -0.2) is 0 Å². The molecule has 16 heteroatoms. The first-order chi connectivity index (χ1) is 15.7. The molecule has 2 rings (SSSR count). The lowest BCUT2D eigenvalue weighted by Crippen LogP contribution is -2.59. The fourth-order valence-corrected chi connectivity index (χ4v) is 2.76. The number of nitro groups is 2. The highest BCUT2D eigenvalue weighted by Crippen LogP contribution is 2.42. The average Bonchev–Trinajstić information content (AvgIpc) is 2.74. The molecule has 0 heterocycles. The van der Waals surface area contributed by atoms with E-state index in [2.05, 4.69) is 5.10 Å². The van der Waals surface area contributed by atoms with Gasteiger partial charge < -0.3 is 5.32 Å². The predicted molar refractivity (Wildman–Crippen MR) is 105 cm³/mol. The Kier molecular flexibility index (Phi) is 7.43. The van der Waals surface area contributed by atoms with Gasteiger partial charge in [-0.1, -0.05) is 30.3 Å². The van der Waals surface area contributed by atoms with Crippen LogP contribution in [0.2, 0.25) is 0 Å². The first-order valence-corrected chi connectivity index (χ1v) is 8.91. The van der Waals surface area contributed by atoms with Crippen LogP contribution in [0.5, 0.6) is 0 Å². The van der Waals surface area contributed by atoms with Gasteiger partial charge in [0.25, 0.3) is 5.69 Å². The molecular formula is C18H13F6N5O5. The first-order valence-electron chi connectivity index (χ1n) is 8.91. The number of nitrogens with zero attached hydrogens (tertiary/aromatic N) is 3. The highest BCUT2D eigenvalue weighted by atomic mass is 19.4. The SMILES string of the molecule is O=C(N[C@@](C/C=N\Nc1ccc([N+](=O)[O-])cc1[N+](=O)[O-])(c1ccccc1)C(F)(F)F)C(F)(F)F. The van der Waals surface area contributed by atoms with Gasteiger partial charge in [0.1, 0.15) is 5.69 Å². The Morgan fingerprint density at radius 1 is 0.971 bits per heavy atom. The lowest BCUT2D eigenvalue weighted by atomic mass is 9.86. The molecule has 10 nitrogen and oxygen atoms in total. The number of anilines is 1. The third kappa shape index (κ3) is 5.76. The van der Waals surface area contributed by atoms with Gasteiger partial charge in [-0.2, -0.15) is 31.4 Å². The minimum absolute atomic E-state index is 0.441. The molecule has 34 heavy (non-hydrogen) atoms. The fraction of sp³-hybridized carbons (Fsp3) is 0.222. The summed E-state index contributed by atoms with van der Waals surface area (Å²) in [7, 11) is 0.